The van der Waals surface area contributed by atoms with E-state index in [2.05, 4.69) is 12.2 Å². The molecule has 110 valence electrons. The average Bonchev–Trinajstić information content (AvgIpc) is 2.54. The Kier molecular flexibility index (Phi) is 4.82. The van der Waals surface area contributed by atoms with Crippen LogP contribution in [0.5, 0.6) is 5.75 Å². The topological polar surface area (TPSA) is 47.6 Å². The van der Waals surface area contributed by atoms with Crippen molar-refractivity contribution in [2.75, 3.05) is 19.5 Å². The highest BCUT2D eigenvalue weighted by atomic mass is 16.5. The highest BCUT2D eigenvalue weighted by molar-refractivity contribution is 5.90. The van der Waals surface area contributed by atoms with E-state index in [1.807, 2.05) is 36.4 Å². The maximum absolute atomic E-state index is 11.5. The lowest BCUT2D eigenvalue weighted by Crippen LogP contribution is -2.08. The Morgan fingerprint density at radius 3 is 2.43 bits per heavy atom. The molecule has 0 aliphatic heterocycles. The van der Waals surface area contributed by atoms with E-state index >= 15 is 0 Å². The molecule has 21 heavy (non-hydrogen) atoms. The van der Waals surface area contributed by atoms with Crippen LogP contribution in [-0.4, -0.2) is 20.2 Å². The van der Waals surface area contributed by atoms with E-state index in [9.17, 15) is 4.79 Å². The van der Waals surface area contributed by atoms with Crippen LogP contribution in [0.4, 0.5) is 5.69 Å². The first-order valence-corrected chi connectivity index (χ1v) is 6.73. The second kappa shape index (κ2) is 6.79. The zero-order chi connectivity index (χ0) is 15.2. The van der Waals surface area contributed by atoms with Crippen molar-refractivity contribution in [3.63, 3.8) is 0 Å². The number of hydrogen-bond acceptors (Lipinski definition) is 4. The third kappa shape index (κ3) is 3.75. The minimum Gasteiger partial charge on any atom is -0.497 e. The van der Waals surface area contributed by atoms with Crippen LogP contribution in [0.25, 0.3) is 0 Å². The van der Waals surface area contributed by atoms with Crippen molar-refractivity contribution in [3.05, 3.63) is 59.7 Å². The minimum atomic E-state index is -0.337. The highest BCUT2D eigenvalue weighted by Gasteiger charge is 2.09. The van der Waals surface area contributed by atoms with E-state index in [0.717, 1.165) is 17.0 Å². The van der Waals surface area contributed by atoms with E-state index in [1.165, 1.54) is 7.11 Å². The molecular formula is C17H19NO3. The summed E-state index contributed by atoms with van der Waals surface area (Å²) in [6.07, 6.45) is 0. The van der Waals surface area contributed by atoms with Gasteiger partial charge in [0.05, 0.1) is 19.8 Å². The third-order valence-electron chi connectivity index (χ3n) is 3.28. The van der Waals surface area contributed by atoms with Crippen molar-refractivity contribution in [3.8, 4) is 5.75 Å². The molecule has 0 saturated heterocycles. The molecule has 0 radical (unpaired) electrons. The highest BCUT2D eigenvalue weighted by Crippen LogP contribution is 2.22. The lowest BCUT2D eigenvalue weighted by Gasteiger charge is -2.16. The molecule has 2 aromatic rings. The molecule has 0 fully saturated rings. The van der Waals surface area contributed by atoms with Gasteiger partial charge in [0.2, 0.25) is 0 Å². The van der Waals surface area contributed by atoms with Crippen LogP contribution in [0.2, 0.25) is 0 Å². The molecule has 0 saturated carbocycles. The smallest absolute Gasteiger partial charge is 0.337 e. The minimum absolute atomic E-state index is 0.115. The van der Waals surface area contributed by atoms with E-state index in [0.29, 0.717) is 5.56 Å². The number of benzene rings is 2. The fraction of sp³-hybridized carbons (Fsp3) is 0.235. The van der Waals surface area contributed by atoms with E-state index in [-0.39, 0.29) is 12.0 Å². The number of methoxy groups -OCH3 is 2. The first kappa shape index (κ1) is 14.9. The Morgan fingerprint density at radius 2 is 1.81 bits per heavy atom. The summed E-state index contributed by atoms with van der Waals surface area (Å²) in [5.41, 5.74) is 2.55. The molecule has 0 aromatic heterocycles. The van der Waals surface area contributed by atoms with Gasteiger partial charge in [0.15, 0.2) is 0 Å². The normalized spacial score (nSPS) is 11.6. The fourth-order valence-corrected chi connectivity index (χ4v) is 2.08. The summed E-state index contributed by atoms with van der Waals surface area (Å²) in [5.74, 6) is 0.495. The SMILES string of the molecule is COC(=O)c1cccc(NC(C)c2ccc(OC)cc2)c1. The van der Waals surface area contributed by atoms with Crippen molar-refractivity contribution >= 4 is 11.7 Å². The zero-order valence-electron chi connectivity index (χ0n) is 12.4. The number of hydrogen-bond donors (Lipinski definition) is 1. The second-order valence-corrected chi connectivity index (χ2v) is 4.71. The maximum atomic E-state index is 11.5. The molecule has 1 N–H and O–H groups in total. The van der Waals surface area contributed by atoms with Crippen LogP contribution in [-0.2, 0) is 4.74 Å². The standard InChI is InChI=1S/C17H19NO3/c1-12(13-7-9-16(20-2)10-8-13)18-15-6-4-5-14(11-15)17(19)21-3/h4-12,18H,1-3H3. The summed E-state index contributed by atoms with van der Waals surface area (Å²) in [7, 11) is 3.03. The summed E-state index contributed by atoms with van der Waals surface area (Å²) < 4.78 is 9.88. The van der Waals surface area contributed by atoms with E-state index in [1.54, 1.807) is 19.2 Å². The van der Waals surface area contributed by atoms with Crippen molar-refractivity contribution in [2.45, 2.75) is 13.0 Å². The van der Waals surface area contributed by atoms with Crippen molar-refractivity contribution in [1.29, 1.82) is 0 Å². The predicted octanol–water partition coefficient (Wildman–Crippen LogP) is 3.65. The number of anilines is 1. The number of esters is 1. The molecule has 4 heteroatoms. The largest absolute Gasteiger partial charge is 0.497 e. The first-order chi connectivity index (χ1) is 10.1. The Balaban J connectivity index is 2.11. The molecule has 2 rings (SSSR count). The van der Waals surface area contributed by atoms with Gasteiger partial charge >= 0.3 is 5.97 Å². The van der Waals surface area contributed by atoms with Crippen molar-refractivity contribution in [2.24, 2.45) is 0 Å². The molecule has 0 bridgehead atoms. The van der Waals surface area contributed by atoms with Gasteiger partial charge < -0.3 is 14.8 Å². The first-order valence-electron chi connectivity index (χ1n) is 6.73. The van der Waals surface area contributed by atoms with Crippen molar-refractivity contribution < 1.29 is 14.3 Å². The van der Waals surface area contributed by atoms with Gasteiger partial charge in [-0.15, -0.1) is 0 Å². The molecular weight excluding hydrogens is 266 g/mol. The third-order valence-corrected chi connectivity index (χ3v) is 3.28. The molecule has 1 unspecified atom stereocenters. The number of nitrogens with one attached hydrogen (secondary N) is 1. The predicted molar refractivity (Wildman–Crippen MR) is 82.8 cm³/mol. The second-order valence-electron chi connectivity index (χ2n) is 4.71. The van der Waals surface area contributed by atoms with Crippen LogP contribution < -0.4 is 10.1 Å². The Morgan fingerprint density at radius 1 is 1.10 bits per heavy atom. The summed E-state index contributed by atoms with van der Waals surface area (Å²) in [6.45, 7) is 2.06. The number of ether oxygens (including phenoxy) is 2. The molecule has 0 amide bonds. The Labute approximate surface area is 124 Å². The van der Waals surface area contributed by atoms with Gasteiger partial charge in [0.1, 0.15) is 5.75 Å². The van der Waals surface area contributed by atoms with Crippen molar-refractivity contribution in [1.82, 2.24) is 0 Å². The van der Waals surface area contributed by atoms with Gasteiger partial charge in [0.25, 0.3) is 0 Å². The van der Waals surface area contributed by atoms with E-state index in [4.69, 9.17) is 9.47 Å². The molecule has 0 aliphatic carbocycles. The molecule has 0 spiro atoms. The zero-order valence-corrected chi connectivity index (χ0v) is 12.4. The Hall–Kier alpha value is -2.49. The average molecular weight is 285 g/mol. The lowest BCUT2D eigenvalue weighted by atomic mass is 10.1. The summed E-state index contributed by atoms with van der Waals surface area (Å²) >= 11 is 0. The number of carbonyl (C=O) groups excluding carboxylic acids is 1. The van der Waals surface area contributed by atoms with Crippen LogP contribution in [0, 0.1) is 0 Å². The molecule has 4 nitrogen and oxygen atoms in total. The lowest BCUT2D eigenvalue weighted by molar-refractivity contribution is 0.0601. The van der Waals surface area contributed by atoms with Gasteiger partial charge in [-0.2, -0.15) is 0 Å². The molecule has 1 atom stereocenters. The molecule has 2 aromatic carbocycles. The molecule has 0 heterocycles. The van der Waals surface area contributed by atoms with Crippen LogP contribution in [0.1, 0.15) is 28.9 Å². The van der Waals surface area contributed by atoms with Crippen LogP contribution >= 0.6 is 0 Å². The molecule has 0 aliphatic rings. The number of rotatable bonds is 5. The van der Waals surface area contributed by atoms with Gasteiger partial charge in [-0.05, 0) is 42.8 Å². The maximum Gasteiger partial charge on any atom is 0.337 e. The monoisotopic (exact) mass is 285 g/mol. The van der Waals surface area contributed by atoms with Gasteiger partial charge in [-0.1, -0.05) is 18.2 Å². The quantitative estimate of drug-likeness (QED) is 0.852. The summed E-state index contributed by atoms with van der Waals surface area (Å²) in [5, 5.41) is 3.37. The Bertz CT molecular complexity index is 608. The van der Waals surface area contributed by atoms with Gasteiger partial charge in [0, 0.05) is 11.7 Å². The van der Waals surface area contributed by atoms with Crippen LogP contribution in [0.3, 0.4) is 0 Å². The summed E-state index contributed by atoms with van der Waals surface area (Å²) in [6, 6.07) is 15.3. The van der Waals surface area contributed by atoms with Crippen LogP contribution in [0.15, 0.2) is 48.5 Å². The van der Waals surface area contributed by atoms with Gasteiger partial charge in [-0.25, -0.2) is 4.79 Å². The van der Waals surface area contributed by atoms with Gasteiger partial charge in [-0.3, -0.25) is 0 Å². The number of carbonyl (C=O) groups is 1. The summed E-state index contributed by atoms with van der Waals surface area (Å²) in [4.78, 5) is 11.5. The van der Waals surface area contributed by atoms with E-state index < -0.39 is 0 Å². The fourth-order valence-electron chi connectivity index (χ4n) is 2.08.